The van der Waals surface area contributed by atoms with Gasteiger partial charge in [0.1, 0.15) is 0 Å². The lowest BCUT2D eigenvalue weighted by atomic mass is 10.1. The SMILES string of the molecule is Cc1ccc(CNC(=O)CN2CCc3c(n(C)[nH]c3=O)C2)cc1. The molecule has 0 radical (unpaired) electrons. The molecule has 0 saturated heterocycles. The van der Waals surface area contributed by atoms with Gasteiger partial charge in [-0.3, -0.25) is 24.3 Å². The third kappa shape index (κ3) is 3.53. The number of nitrogens with zero attached hydrogens (tertiary/aromatic N) is 2. The van der Waals surface area contributed by atoms with E-state index >= 15 is 0 Å². The Labute approximate surface area is 135 Å². The fourth-order valence-corrected chi connectivity index (χ4v) is 2.94. The third-order valence-corrected chi connectivity index (χ3v) is 4.33. The molecule has 1 aromatic heterocycles. The molecule has 3 rings (SSSR count). The lowest BCUT2D eigenvalue weighted by molar-refractivity contribution is -0.122. The molecule has 0 atom stereocenters. The van der Waals surface area contributed by atoms with Crippen LogP contribution < -0.4 is 10.9 Å². The average Bonchev–Trinajstić information content (AvgIpc) is 2.81. The summed E-state index contributed by atoms with van der Waals surface area (Å²) in [5.41, 5.74) is 4.13. The maximum absolute atomic E-state index is 12.1. The molecule has 1 aliphatic heterocycles. The van der Waals surface area contributed by atoms with Crippen LogP contribution in [0.1, 0.15) is 22.4 Å². The molecule has 0 fully saturated rings. The second-order valence-corrected chi connectivity index (χ2v) is 6.15. The smallest absolute Gasteiger partial charge is 0.267 e. The highest BCUT2D eigenvalue weighted by atomic mass is 16.2. The van der Waals surface area contributed by atoms with E-state index in [2.05, 4.69) is 15.3 Å². The van der Waals surface area contributed by atoms with Gasteiger partial charge in [0.05, 0.1) is 12.2 Å². The van der Waals surface area contributed by atoms with E-state index in [9.17, 15) is 9.59 Å². The Hall–Kier alpha value is -2.34. The van der Waals surface area contributed by atoms with E-state index < -0.39 is 0 Å². The summed E-state index contributed by atoms with van der Waals surface area (Å²) >= 11 is 0. The highest BCUT2D eigenvalue weighted by Crippen LogP contribution is 2.14. The number of H-pyrrole nitrogens is 1. The van der Waals surface area contributed by atoms with Crippen LogP contribution in [0.4, 0.5) is 0 Å². The molecule has 23 heavy (non-hydrogen) atoms. The van der Waals surface area contributed by atoms with Gasteiger partial charge in [-0.1, -0.05) is 29.8 Å². The van der Waals surface area contributed by atoms with Crippen molar-refractivity contribution in [3.05, 3.63) is 57.0 Å². The first-order valence-corrected chi connectivity index (χ1v) is 7.84. The maximum atomic E-state index is 12.1. The molecule has 0 saturated carbocycles. The Bertz CT molecular complexity index is 758. The minimum Gasteiger partial charge on any atom is -0.351 e. The molecule has 2 aromatic rings. The van der Waals surface area contributed by atoms with E-state index in [0.29, 0.717) is 26.1 Å². The molecule has 1 aliphatic rings. The summed E-state index contributed by atoms with van der Waals surface area (Å²) < 4.78 is 1.76. The second kappa shape index (κ2) is 6.42. The largest absolute Gasteiger partial charge is 0.351 e. The summed E-state index contributed by atoms with van der Waals surface area (Å²) in [4.78, 5) is 25.9. The number of aromatic nitrogens is 2. The number of rotatable bonds is 4. The van der Waals surface area contributed by atoms with Crippen LogP contribution in [0, 0.1) is 6.92 Å². The van der Waals surface area contributed by atoms with Crippen LogP contribution in [-0.4, -0.2) is 33.7 Å². The van der Waals surface area contributed by atoms with E-state index in [0.717, 1.165) is 23.4 Å². The predicted molar refractivity (Wildman–Crippen MR) is 88.0 cm³/mol. The van der Waals surface area contributed by atoms with Gasteiger partial charge in [0.25, 0.3) is 5.56 Å². The van der Waals surface area contributed by atoms with E-state index in [-0.39, 0.29) is 11.5 Å². The van der Waals surface area contributed by atoms with Gasteiger partial charge in [-0.15, -0.1) is 0 Å². The van der Waals surface area contributed by atoms with Gasteiger partial charge >= 0.3 is 0 Å². The first-order chi connectivity index (χ1) is 11.0. The molecule has 0 spiro atoms. The molecule has 2 N–H and O–H groups in total. The number of amides is 1. The van der Waals surface area contributed by atoms with Crippen LogP contribution in [0.2, 0.25) is 0 Å². The maximum Gasteiger partial charge on any atom is 0.267 e. The van der Waals surface area contributed by atoms with Crippen molar-refractivity contribution in [3.63, 3.8) is 0 Å². The van der Waals surface area contributed by atoms with E-state index in [4.69, 9.17) is 0 Å². The molecule has 6 heteroatoms. The summed E-state index contributed by atoms with van der Waals surface area (Å²) in [6.07, 6.45) is 0.691. The summed E-state index contributed by atoms with van der Waals surface area (Å²) in [5.74, 6) is 0.00885. The summed E-state index contributed by atoms with van der Waals surface area (Å²) in [6.45, 7) is 4.30. The molecule has 122 valence electrons. The third-order valence-electron chi connectivity index (χ3n) is 4.33. The molecule has 0 unspecified atom stereocenters. The van der Waals surface area contributed by atoms with Crippen LogP contribution in [-0.2, 0) is 31.4 Å². The highest BCUT2D eigenvalue weighted by Gasteiger charge is 2.23. The fraction of sp³-hybridized carbons (Fsp3) is 0.412. The molecular formula is C17H22N4O2. The molecule has 1 amide bonds. The first kappa shape index (κ1) is 15.6. The van der Waals surface area contributed by atoms with Gasteiger partial charge in [0, 0.05) is 32.2 Å². The van der Waals surface area contributed by atoms with Crippen molar-refractivity contribution in [1.29, 1.82) is 0 Å². The van der Waals surface area contributed by atoms with Gasteiger partial charge in [0.15, 0.2) is 0 Å². The molecule has 1 aromatic carbocycles. The Morgan fingerprint density at radius 2 is 2.04 bits per heavy atom. The number of hydrogen-bond donors (Lipinski definition) is 2. The minimum atomic E-state index is -0.00836. The molecule has 0 bridgehead atoms. The zero-order valence-corrected chi connectivity index (χ0v) is 13.6. The topological polar surface area (TPSA) is 70.1 Å². The lowest BCUT2D eigenvalue weighted by Crippen LogP contribution is -2.40. The molecule has 0 aliphatic carbocycles. The number of aromatic amines is 1. The van der Waals surface area contributed by atoms with Crippen molar-refractivity contribution in [3.8, 4) is 0 Å². The monoisotopic (exact) mass is 314 g/mol. The second-order valence-electron chi connectivity index (χ2n) is 6.15. The number of fused-ring (bicyclic) bond motifs is 1. The van der Waals surface area contributed by atoms with Gasteiger partial charge in [-0.25, -0.2) is 0 Å². The van der Waals surface area contributed by atoms with Crippen LogP contribution >= 0.6 is 0 Å². The quantitative estimate of drug-likeness (QED) is 0.872. The van der Waals surface area contributed by atoms with Crippen LogP contribution in [0.3, 0.4) is 0 Å². The average molecular weight is 314 g/mol. The lowest BCUT2D eigenvalue weighted by Gasteiger charge is -2.26. The predicted octanol–water partition coefficient (Wildman–Crippen LogP) is 0.696. The number of aryl methyl sites for hydroxylation is 2. The zero-order valence-electron chi connectivity index (χ0n) is 13.6. The molecule has 2 heterocycles. The van der Waals surface area contributed by atoms with Crippen LogP contribution in [0.5, 0.6) is 0 Å². The zero-order chi connectivity index (χ0) is 16.4. The summed E-state index contributed by atoms with van der Waals surface area (Å²) in [7, 11) is 1.83. The number of carbonyl (C=O) groups excluding carboxylic acids is 1. The molecular weight excluding hydrogens is 292 g/mol. The van der Waals surface area contributed by atoms with E-state index in [1.807, 2.05) is 38.2 Å². The molecule has 6 nitrogen and oxygen atoms in total. The summed E-state index contributed by atoms with van der Waals surface area (Å²) in [6, 6.07) is 8.14. The number of hydrogen-bond acceptors (Lipinski definition) is 3. The Morgan fingerprint density at radius 1 is 1.30 bits per heavy atom. The van der Waals surface area contributed by atoms with Gasteiger partial charge < -0.3 is 5.32 Å². The van der Waals surface area contributed by atoms with Crippen molar-refractivity contribution in [1.82, 2.24) is 20.0 Å². The van der Waals surface area contributed by atoms with Crippen molar-refractivity contribution in [2.24, 2.45) is 7.05 Å². The van der Waals surface area contributed by atoms with Crippen molar-refractivity contribution in [2.45, 2.75) is 26.4 Å². The highest BCUT2D eigenvalue weighted by molar-refractivity contribution is 5.78. The Morgan fingerprint density at radius 3 is 2.78 bits per heavy atom. The van der Waals surface area contributed by atoms with Crippen molar-refractivity contribution < 1.29 is 4.79 Å². The summed E-state index contributed by atoms with van der Waals surface area (Å²) in [5, 5.41) is 5.73. The van der Waals surface area contributed by atoms with Crippen molar-refractivity contribution in [2.75, 3.05) is 13.1 Å². The van der Waals surface area contributed by atoms with Crippen LogP contribution in [0.15, 0.2) is 29.1 Å². The fourth-order valence-electron chi connectivity index (χ4n) is 2.94. The standard InChI is InChI=1S/C17H22N4O2/c1-12-3-5-13(6-4-12)9-18-16(22)11-21-8-7-14-15(10-21)20(2)19-17(14)23/h3-6H,7-11H2,1-2H3,(H,18,22)(H,19,23). The van der Waals surface area contributed by atoms with E-state index in [1.54, 1.807) is 4.68 Å². The van der Waals surface area contributed by atoms with E-state index in [1.165, 1.54) is 5.56 Å². The number of benzene rings is 1. The first-order valence-electron chi connectivity index (χ1n) is 7.84. The Kier molecular flexibility index (Phi) is 4.34. The van der Waals surface area contributed by atoms with Gasteiger partial charge in [-0.05, 0) is 18.9 Å². The van der Waals surface area contributed by atoms with Crippen molar-refractivity contribution >= 4 is 5.91 Å². The van der Waals surface area contributed by atoms with Crippen LogP contribution in [0.25, 0.3) is 0 Å². The number of carbonyl (C=O) groups is 1. The Balaban J connectivity index is 1.53. The number of nitrogens with one attached hydrogen (secondary N) is 2. The van der Waals surface area contributed by atoms with Gasteiger partial charge in [0.2, 0.25) is 5.91 Å². The van der Waals surface area contributed by atoms with Gasteiger partial charge in [-0.2, -0.15) is 0 Å². The minimum absolute atomic E-state index is 0.00836. The normalized spacial score (nSPS) is 14.5.